The fraction of sp³-hybridized carbons (Fsp3) is 0.179. The smallest absolute Gasteiger partial charge is 0.359 e. The van der Waals surface area contributed by atoms with Gasteiger partial charge in [-0.15, -0.1) is 0 Å². The number of benzene rings is 3. The van der Waals surface area contributed by atoms with Crippen LogP contribution in [0.2, 0.25) is 0 Å². The lowest BCUT2D eigenvalue weighted by molar-refractivity contribution is -0.552. The number of rotatable bonds is 7. The Balaban J connectivity index is 1.50. The maximum Gasteiger partial charge on any atom is 0.359 e. The van der Waals surface area contributed by atoms with Gasteiger partial charge >= 0.3 is 11.7 Å². The molecule has 1 atom stereocenters. The van der Waals surface area contributed by atoms with Crippen LogP contribution in [0.5, 0.6) is 0 Å². The van der Waals surface area contributed by atoms with Crippen LogP contribution in [0.3, 0.4) is 0 Å². The highest BCUT2D eigenvalue weighted by atomic mass is 16.5. The summed E-state index contributed by atoms with van der Waals surface area (Å²) in [5, 5.41) is 3.47. The van der Waals surface area contributed by atoms with Crippen LogP contribution in [-0.4, -0.2) is 24.0 Å². The first-order valence-electron chi connectivity index (χ1n) is 11.1. The number of nitrogens with one attached hydrogen (secondary N) is 1. The summed E-state index contributed by atoms with van der Waals surface area (Å²) in [5.41, 5.74) is 6.01. The van der Waals surface area contributed by atoms with Gasteiger partial charge in [-0.2, -0.15) is 4.57 Å². The molecule has 0 radical (unpaired) electrons. The molecule has 5 rings (SSSR count). The Bertz CT molecular complexity index is 1270. The Morgan fingerprint density at radius 3 is 2.36 bits per heavy atom. The van der Waals surface area contributed by atoms with Crippen molar-refractivity contribution in [3.05, 3.63) is 114 Å². The third-order valence-electron chi connectivity index (χ3n) is 5.89. The number of carbonyl (C=O) groups excluding carboxylic acids is 1. The molecule has 0 spiro atoms. The molecular weight excluding hydrogens is 410 g/mol. The summed E-state index contributed by atoms with van der Waals surface area (Å²) >= 11 is 0. The molecule has 0 fully saturated rings. The average Bonchev–Trinajstić information content (AvgIpc) is 3.16. The van der Waals surface area contributed by atoms with Gasteiger partial charge in [0.2, 0.25) is 0 Å². The summed E-state index contributed by atoms with van der Waals surface area (Å²) < 4.78 is 7.00. The molecule has 5 nitrogen and oxygen atoms in total. The van der Waals surface area contributed by atoms with Crippen molar-refractivity contribution in [1.82, 2.24) is 4.98 Å². The second-order valence-corrected chi connectivity index (χ2v) is 8.31. The Hall–Kier alpha value is -3.83. The zero-order valence-corrected chi connectivity index (χ0v) is 18.6. The largest absolute Gasteiger partial charge is 0.380 e. The Morgan fingerprint density at radius 2 is 1.61 bits per heavy atom. The van der Waals surface area contributed by atoms with E-state index in [4.69, 9.17) is 9.72 Å². The molecule has 0 aliphatic carbocycles. The molecule has 1 aromatic heterocycles. The quantitative estimate of drug-likeness (QED) is 0.435. The van der Waals surface area contributed by atoms with E-state index in [1.54, 1.807) is 11.7 Å². The second-order valence-electron chi connectivity index (χ2n) is 8.31. The van der Waals surface area contributed by atoms with Crippen molar-refractivity contribution >= 4 is 11.7 Å². The summed E-state index contributed by atoms with van der Waals surface area (Å²) in [7, 11) is 1.69. The van der Waals surface area contributed by atoms with Crippen molar-refractivity contribution in [3.63, 3.8) is 0 Å². The van der Waals surface area contributed by atoms with Crippen LogP contribution in [0.1, 0.15) is 27.2 Å². The van der Waals surface area contributed by atoms with Gasteiger partial charge in [0.15, 0.2) is 6.04 Å². The number of hydrogen-bond acceptors (Lipinski definition) is 4. The van der Waals surface area contributed by atoms with E-state index in [0.717, 1.165) is 39.5 Å². The van der Waals surface area contributed by atoms with Gasteiger partial charge in [0.1, 0.15) is 17.6 Å². The molecule has 0 bridgehead atoms. The van der Waals surface area contributed by atoms with Crippen LogP contribution in [-0.2, 0) is 24.2 Å². The van der Waals surface area contributed by atoms with Crippen LogP contribution in [0.15, 0.2) is 91.1 Å². The van der Waals surface area contributed by atoms with Crippen molar-refractivity contribution in [1.29, 1.82) is 0 Å². The highest BCUT2D eigenvalue weighted by Crippen LogP contribution is 2.25. The van der Waals surface area contributed by atoms with Crippen molar-refractivity contribution in [2.75, 3.05) is 12.4 Å². The first-order chi connectivity index (χ1) is 16.2. The molecule has 1 unspecified atom stereocenters. The topological polar surface area (TPSA) is 55.1 Å². The number of methoxy groups -OCH3 is 1. The summed E-state index contributed by atoms with van der Waals surface area (Å²) in [6.07, 6.45) is 3.10. The fourth-order valence-electron chi connectivity index (χ4n) is 4.32. The Kier molecular flexibility index (Phi) is 5.96. The van der Waals surface area contributed by atoms with Crippen molar-refractivity contribution in [2.45, 2.75) is 25.5 Å². The van der Waals surface area contributed by atoms with E-state index in [-0.39, 0.29) is 11.9 Å². The monoisotopic (exact) mass is 436 g/mol. The molecule has 2 heterocycles. The molecule has 33 heavy (non-hydrogen) atoms. The molecule has 1 aliphatic heterocycles. The van der Waals surface area contributed by atoms with Gasteiger partial charge < -0.3 is 4.74 Å². The molecule has 4 aromatic rings. The normalized spacial score (nSPS) is 14.7. The van der Waals surface area contributed by atoms with E-state index in [1.165, 1.54) is 0 Å². The zero-order valence-electron chi connectivity index (χ0n) is 18.6. The number of carbonyl (C=O) groups is 1. The number of anilines is 1. The minimum atomic E-state index is -0.342. The number of hydrogen-bond donors (Lipinski definition) is 1. The Labute approximate surface area is 193 Å². The fourth-order valence-corrected chi connectivity index (χ4v) is 4.32. The van der Waals surface area contributed by atoms with E-state index in [1.807, 2.05) is 66.9 Å². The summed E-state index contributed by atoms with van der Waals surface area (Å²) in [4.78, 5) is 18.4. The summed E-state index contributed by atoms with van der Waals surface area (Å²) in [6, 6.07) is 28.1. The molecule has 0 saturated heterocycles. The summed E-state index contributed by atoms with van der Waals surface area (Å²) in [5.74, 6) is 0.817. The third-order valence-corrected chi connectivity index (χ3v) is 5.89. The number of ether oxygens (including phenoxy) is 1. The minimum absolute atomic E-state index is 0.0380. The molecule has 1 N–H and O–H groups in total. The highest BCUT2D eigenvalue weighted by molar-refractivity contribution is 5.82. The SMILES string of the molecule is COCc1cccc(CC2Nc3c(Cc4ccccc4)nc(-c4ccccc4)c[n+]3C2=O)c1. The van der Waals surface area contributed by atoms with Gasteiger partial charge in [-0.25, -0.2) is 9.78 Å². The van der Waals surface area contributed by atoms with Gasteiger partial charge in [-0.1, -0.05) is 84.9 Å². The number of nitrogens with zero attached hydrogens (tertiary/aromatic N) is 2. The van der Waals surface area contributed by atoms with E-state index in [0.29, 0.717) is 19.4 Å². The molecule has 0 saturated carbocycles. The van der Waals surface area contributed by atoms with Crippen molar-refractivity contribution in [2.24, 2.45) is 0 Å². The lowest BCUT2D eigenvalue weighted by atomic mass is 10.0. The van der Waals surface area contributed by atoms with Crippen LogP contribution >= 0.6 is 0 Å². The van der Waals surface area contributed by atoms with E-state index in [2.05, 4.69) is 29.6 Å². The molecular formula is C28H26N3O2+. The van der Waals surface area contributed by atoms with E-state index >= 15 is 0 Å². The molecule has 3 aromatic carbocycles. The highest BCUT2D eigenvalue weighted by Gasteiger charge is 2.41. The van der Waals surface area contributed by atoms with Crippen LogP contribution in [0.25, 0.3) is 11.3 Å². The predicted molar refractivity (Wildman–Crippen MR) is 128 cm³/mol. The van der Waals surface area contributed by atoms with Crippen LogP contribution in [0.4, 0.5) is 5.82 Å². The van der Waals surface area contributed by atoms with E-state index < -0.39 is 0 Å². The lowest BCUT2D eigenvalue weighted by Gasteiger charge is -2.07. The third kappa shape index (κ3) is 4.54. The van der Waals surface area contributed by atoms with Crippen molar-refractivity contribution in [3.8, 4) is 11.3 Å². The van der Waals surface area contributed by atoms with Gasteiger partial charge in [0.05, 0.1) is 6.61 Å². The average molecular weight is 437 g/mol. The minimum Gasteiger partial charge on any atom is -0.380 e. The summed E-state index contributed by atoms with van der Waals surface area (Å²) in [6.45, 7) is 0.556. The zero-order chi connectivity index (χ0) is 22.6. The van der Waals surface area contributed by atoms with Gasteiger partial charge in [0.25, 0.3) is 0 Å². The molecule has 5 heteroatoms. The first kappa shape index (κ1) is 21.0. The van der Waals surface area contributed by atoms with Crippen molar-refractivity contribution < 1.29 is 14.1 Å². The number of aromatic nitrogens is 2. The van der Waals surface area contributed by atoms with Gasteiger partial charge in [-0.3, -0.25) is 5.32 Å². The maximum atomic E-state index is 13.4. The van der Waals surface area contributed by atoms with Gasteiger partial charge in [0, 0.05) is 25.5 Å². The second kappa shape index (κ2) is 9.35. The van der Waals surface area contributed by atoms with E-state index in [9.17, 15) is 4.79 Å². The first-order valence-corrected chi connectivity index (χ1v) is 11.1. The predicted octanol–water partition coefficient (Wildman–Crippen LogP) is 4.45. The molecule has 0 amide bonds. The molecule has 1 aliphatic rings. The van der Waals surface area contributed by atoms with Crippen LogP contribution in [0, 0.1) is 0 Å². The van der Waals surface area contributed by atoms with Gasteiger partial charge in [-0.05, 0) is 16.7 Å². The maximum absolute atomic E-state index is 13.4. The lowest BCUT2D eigenvalue weighted by Crippen LogP contribution is -2.44. The number of fused-ring (bicyclic) bond motifs is 1. The van der Waals surface area contributed by atoms with Crippen LogP contribution < -0.4 is 9.88 Å². The molecule has 164 valence electrons. The Morgan fingerprint density at radius 1 is 0.909 bits per heavy atom. The standard InChI is InChI=1S/C28H25N3O2/c1-33-19-22-12-8-11-21(15-22)17-25-28(32)31-18-26(23-13-6-3-7-14-23)29-24(27(31)30-25)16-20-9-4-2-5-10-20/h2-15,18,25H,16-17,19H2,1H3/p+1.